The van der Waals surface area contributed by atoms with Crippen LogP contribution in [0.15, 0.2) is 12.1 Å². The van der Waals surface area contributed by atoms with E-state index in [-0.39, 0.29) is 23.7 Å². The monoisotopic (exact) mass is 235 g/mol. The van der Waals surface area contributed by atoms with Crippen molar-refractivity contribution in [3.8, 4) is 12.3 Å². The van der Waals surface area contributed by atoms with Gasteiger partial charge in [-0.1, -0.05) is 5.92 Å². The summed E-state index contributed by atoms with van der Waals surface area (Å²) in [5, 5.41) is 13.3. The molecule has 0 spiro atoms. The SMILES string of the molecule is C#CCNc1nc(C(=O)OC)ccc1[N+](=O)[O-]. The minimum absolute atomic E-state index is 0.0300. The molecule has 0 radical (unpaired) electrons. The van der Waals surface area contributed by atoms with Gasteiger partial charge in [-0.3, -0.25) is 10.1 Å². The number of hydrogen-bond acceptors (Lipinski definition) is 6. The van der Waals surface area contributed by atoms with Gasteiger partial charge in [0.1, 0.15) is 0 Å². The highest BCUT2D eigenvalue weighted by atomic mass is 16.6. The number of aromatic nitrogens is 1. The normalized spacial score (nSPS) is 9.18. The van der Waals surface area contributed by atoms with Gasteiger partial charge in [0, 0.05) is 6.07 Å². The van der Waals surface area contributed by atoms with E-state index in [0.29, 0.717) is 0 Å². The molecule has 0 fully saturated rings. The molecule has 0 saturated heterocycles. The lowest BCUT2D eigenvalue weighted by Crippen LogP contribution is -2.10. The molecule has 17 heavy (non-hydrogen) atoms. The zero-order chi connectivity index (χ0) is 12.8. The van der Waals surface area contributed by atoms with Crippen LogP contribution in [0, 0.1) is 22.5 Å². The van der Waals surface area contributed by atoms with E-state index in [1.54, 1.807) is 0 Å². The maximum Gasteiger partial charge on any atom is 0.356 e. The smallest absolute Gasteiger partial charge is 0.356 e. The molecule has 0 aliphatic heterocycles. The van der Waals surface area contributed by atoms with E-state index in [9.17, 15) is 14.9 Å². The fraction of sp³-hybridized carbons (Fsp3) is 0.200. The first kappa shape index (κ1) is 12.4. The van der Waals surface area contributed by atoms with Gasteiger partial charge >= 0.3 is 11.7 Å². The Labute approximate surface area is 97.0 Å². The lowest BCUT2D eigenvalue weighted by atomic mass is 10.3. The molecular weight excluding hydrogens is 226 g/mol. The molecule has 0 atom stereocenters. The first-order chi connectivity index (χ1) is 8.10. The zero-order valence-corrected chi connectivity index (χ0v) is 8.97. The summed E-state index contributed by atoms with van der Waals surface area (Å²) in [6.07, 6.45) is 5.02. The van der Waals surface area contributed by atoms with Gasteiger partial charge in [0.25, 0.3) is 0 Å². The van der Waals surface area contributed by atoms with Crippen molar-refractivity contribution < 1.29 is 14.5 Å². The topological polar surface area (TPSA) is 94.4 Å². The van der Waals surface area contributed by atoms with Crippen molar-refractivity contribution in [2.24, 2.45) is 0 Å². The zero-order valence-electron chi connectivity index (χ0n) is 8.97. The van der Waals surface area contributed by atoms with E-state index >= 15 is 0 Å². The number of pyridine rings is 1. The van der Waals surface area contributed by atoms with Crippen LogP contribution in [0.25, 0.3) is 0 Å². The molecular formula is C10H9N3O4. The molecule has 1 aromatic heterocycles. The third-order valence-electron chi connectivity index (χ3n) is 1.82. The summed E-state index contributed by atoms with van der Waals surface area (Å²) in [6.45, 7) is 0.0679. The summed E-state index contributed by atoms with van der Waals surface area (Å²) >= 11 is 0. The Morgan fingerprint density at radius 1 is 1.71 bits per heavy atom. The van der Waals surface area contributed by atoms with E-state index in [1.807, 2.05) is 0 Å². The lowest BCUT2D eigenvalue weighted by molar-refractivity contribution is -0.384. The molecule has 0 aliphatic rings. The second-order valence-corrected chi connectivity index (χ2v) is 2.87. The minimum Gasteiger partial charge on any atom is -0.464 e. The molecule has 0 saturated carbocycles. The highest BCUT2D eigenvalue weighted by Gasteiger charge is 2.18. The Bertz CT molecular complexity index is 493. The number of terminal acetylenes is 1. The number of carbonyl (C=O) groups is 1. The largest absolute Gasteiger partial charge is 0.464 e. The van der Waals surface area contributed by atoms with Crippen molar-refractivity contribution >= 4 is 17.5 Å². The van der Waals surface area contributed by atoms with Crippen LogP contribution < -0.4 is 5.32 Å². The number of carbonyl (C=O) groups excluding carboxylic acids is 1. The number of nitrogens with zero attached hydrogens (tertiary/aromatic N) is 2. The summed E-state index contributed by atoms with van der Waals surface area (Å²) in [5.74, 6) is 1.52. The number of nitrogens with one attached hydrogen (secondary N) is 1. The van der Waals surface area contributed by atoms with Gasteiger partial charge in [-0.25, -0.2) is 9.78 Å². The van der Waals surface area contributed by atoms with Crippen LogP contribution >= 0.6 is 0 Å². The molecule has 1 N–H and O–H groups in total. The molecule has 0 amide bonds. The Morgan fingerprint density at radius 2 is 2.41 bits per heavy atom. The molecule has 1 heterocycles. The summed E-state index contributed by atoms with van der Waals surface area (Å²) in [7, 11) is 1.19. The first-order valence-electron chi connectivity index (χ1n) is 4.51. The van der Waals surface area contributed by atoms with Gasteiger partial charge in [-0.2, -0.15) is 0 Å². The molecule has 7 heteroatoms. The maximum absolute atomic E-state index is 11.2. The number of esters is 1. The van der Waals surface area contributed by atoms with Crippen molar-refractivity contribution in [1.29, 1.82) is 0 Å². The van der Waals surface area contributed by atoms with Gasteiger partial charge in [0.2, 0.25) is 5.82 Å². The summed E-state index contributed by atoms with van der Waals surface area (Å²) in [4.78, 5) is 25.1. The predicted molar refractivity (Wildman–Crippen MR) is 59.6 cm³/mol. The van der Waals surface area contributed by atoms with Crippen molar-refractivity contribution in [1.82, 2.24) is 4.98 Å². The predicted octanol–water partition coefficient (Wildman–Crippen LogP) is 0.821. The van der Waals surface area contributed by atoms with Crippen LogP contribution in [0.4, 0.5) is 11.5 Å². The summed E-state index contributed by atoms with van der Waals surface area (Å²) in [6, 6.07) is 2.38. The quantitative estimate of drug-likeness (QED) is 0.359. The van der Waals surface area contributed by atoms with Crippen LogP contribution in [-0.4, -0.2) is 29.5 Å². The summed E-state index contributed by atoms with van der Waals surface area (Å²) in [5.41, 5.74) is -0.287. The van der Waals surface area contributed by atoms with Gasteiger partial charge in [0.05, 0.1) is 18.6 Å². The fourth-order valence-corrected chi connectivity index (χ4v) is 1.08. The van der Waals surface area contributed by atoms with Crippen LogP contribution in [0.5, 0.6) is 0 Å². The Hall–Kier alpha value is -2.62. The van der Waals surface area contributed by atoms with Crippen molar-refractivity contribution in [3.05, 3.63) is 27.9 Å². The van der Waals surface area contributed by atoms with Crippen LogP contribution in [0.2, 0.25) is 0 Å². The average Bonchev–Trinajstić information content (AvgIpc) is 2.34. The summed E-state index contributed by atoms with van der Waals surface area (Å²) < 4.78 is 4.46. The number of nitro groups is 1. The van der Waals surface area contributed by atoms with Crippen LogP contribution in [0.3, 0.4) is 0 Å². The van der Waals surface area contributed by atoms with Crippen molar-refractivity contribution in [2.75, 3.05) is 19.0 Å². The van der Waals surface area contributed by atoms with Crippen LogP contribution in [-0.2, 0) is 4.74 Å². The molecule has 0 aliphatic carbocycles. The van der Waals surface area contributed by atoms with E-state index in [1.165, 1.54) is 13.2 Å². The van der Waals surface area contributed by atoms with E-state index in [2.05, 4.69) is 21.0 Å². The number of rotatable bonds is 4. The number of ether oxygens (including phenoxy) is 1. The Morgan fingerprint density at radius 3 is 2.94 bits per heavy atom. The van der Waals surface area contributed by atoms with Gasteiger partial charge < -0.3 is 10.1 Å². The number of anilines is 1. The highest BCUT2D eigenvalue weighted by molar-refractivity contribution is 5.88. The van der Waals surface area contributed by atoms with Gasteiger partial charge in [0.15, 0.2) is 5.69 Å². The first-order valence-corrected chi connectivity index (χ1v) is 4.51. The molecule has 7 nitrogen and oxygen atoms in total. The third-order valence-corrected chi connectivity index (χ3v) is 1.82. The van der Waals surface area contributed by atoms with E-state index in [4.69, 9.17) is 6.42 Å². The molecule has 1 aromatic rings. The average molecular weight is 235 g/mol. The molecule has 0 unspecified atom stereocenters. The molecule has 0 bridgehead atoms. The van der Waals surface area contributed by atoms with Crippen LogP contribution in [0.1, 0.15) is 10.5 Å². The Kier molecular flexibility index (Phi) is 4.00. The lowest BCUT2D eigenvalue weighted by Gasteiger charge is -2.04. The highest BCUT2D eigenvalue weighted by Crippen LogP contribution is 2.21. The minimum atomic E-state index is -0.677. The second kappa shape index (κ2) is 5.46. The Balaban J connectivity index is 3.15. The standard InChI is InChI=1S/C10H9N3O4/c1-3-6-11-9-8(13(15)16)5-4-7(12-9)10(14)17-2/h1,4-5H,6H2,2H3,(H,11,12). The molecule has 1 rings (SSSR count). The molecule has 88 valence electrons. The number of methoxy groups -OCH3 is 1. The van der Waals surface area contributed by atoms with Gasteiger partial charge in [-0.15, -0.1) is 6.42 Å². The second-order valence-electron chi connectivity index (χ2n) is 2.87. The van der Waals surface area contributed by atoms with Crippen molar-refractivity contribution in [3.63, 3.8) is 0 Å². The van der Waals surface area contributed by atoms with E-state index in [0.717, 1.165) is 6.07 Å². The number of hydrogen-bond donors (Lipinski definition) is 1. The van der Waals surface area contributed by atoms with Gasteiger partial charge in [-0.05, 0) is 6.07 Å². The maximum atomic E-state index is 11.2. The molecule has 0 aromatic carbocycles. The van der Waals surface area contributed by atoms with Crippen molar-refractivity contribution in [2.45, 2.75) is 0 Å². The fourth-order valence-electron chi connectivity index (χ4n) is 1.08. The van der Waals surface area contributed by atoms with E-state index < -0.39 is 10.9 Å². The third kappa shape index (κ3) is 2.92.